The van der Waals surface area contributed by atoms with Crippen molar-refractivity contribution in [3.63, 3.8) is 0 Å². The monoisotopic (exact) mass is 231 g/mol. The van der Waals surface area contributed by atoms with Crippen molar-refractivity contribution in [1.29, 1.82) is 5.26 Å². The van der Waals surface area contributed by atoms with Gasteiger partial charge in [-0.3, -0.25) is 9.78 Å². The second kappa shape index (κ2) is 6.00. The highest BCUT2D eigenvalue weighted by Crippen LogP contribution is 2.11. The third-order valence-corrected chi connectivity index (χ3v) is 2.59. The lowest BCUT2D eigenvalue weighted by atomic mass is 10.1. The Morgan fingerprint density at radius 1 is 1.59 bits per heavy atom. The number of hydrogen-bond acceptors (Lipinski definition) is 3. The largest absolute Gasteiger partial charge is 0.335 e. The Hall–Kier alpha value is -1.89. The molecule has 0 bridgehead atoms. The zero-order chi connectivity index (χ0) is 12.8. The van der Waals surface area contributed by atoms with Crippen LogP contribution in [0.4, 0.5) is 0 Å². The van der Waals surface area contributed by atoms with Crippen LogP contribution < -0.4 is 0 Å². The van der Waals surface area contributed by atoms with E-state index in [1.54, 1.807) is 23.2 Å². The van der Waals surface area contributed by atoms with E-state index in [0.29, 0.717) is 18.5 Å². The number of amides is 1. The molecule has 0 spiro atoms. The lowest BCUT2D eigenvalue weighted by molar-refractivity contribution is 0.0709. The number of hydrogen-bond donors (Lipinski definition) is 0. The molecule has 0 aliphatic carbocycles. The highest BCUT2D eigenvalue weighted by molar-refractivity contribution is 5.95. The molecule has 4 nitrogen and oxygen atoms in total. The molecule has 1 aromatic heterocycles. The van der Waals surface area contributed by atoms with Crippen molar-refractivity contribution in [2.24, 2.45) is 0 Å². The summed E-state index contributed by atoms with van der Waals surface area (Å²) in [5.74, 6) is -0.0548. The van der Waals surface area contributed by atoms with Crippen LogP contribution in [0.25, 0.3) is 0 Å². The Labute approximate surface area is 102 Å². The molecule has 0 aliphatic heterocycles. The first-order valence-electron chi connectivity index (χ1n) is 5.67. The van der Waals surface area contributed by atoms with Gasteiger partial charge in [0, 0.05) is 24.5 Å². The molecule has 4 heteroatoms. The third kappa shape index (κ3) is 3.28. The number of rotatable bonds is 4. The highest BCUT2D eigenvalue weighted by Gasteiger charge is 2.19. The second-order valence-electron chi connectivity index (χ2n) is 4.14. The summed E-state index contributed by atoms with van der Waals surface area (Å²) in [7, 11) is 0. The van der Waals surface area contributed by atoms with Crippen LogP contribution in [0, 0.1) is 18.3 Å². The Morgan fingerprint density at radius 2 is 2.29 bits per heavy atom. The highest BCUT2D eigenvalue weighted by atomic mass is 16.2. The van der Waals surface area contributed by atoms with Gasteiger partial charge in [0.05, 0.1) is 18.1 Å². The van der Waals surface area contributed by atoms with E-state index in [1.165, 1.54) is 0 Å². The number of aromatic nitrogens is 1. The SMILES string of the molecule is Cc1ncccc1C(=O)N(CCC#N)C(C)C. The Balaban J connectivity index is 2.93. The summed E-state index contributed by atoms with van der Waals surface area (Å²) in [6.45, 7) is 6.17. The number of nitriles is 1. The molecule has 0 radical (unpaired) electrons. The summed E-state index contributed by atoms with van der Waals surface area (Å²) in [6, 6.07) is 5.67. The standard InChI is InChI=1S/C13H17N3O/c1-10(2)16(9-5-7-14)13(17)12-6-4-8-15-11(12)3/h4,6,8,10H,5,9H2,1-3H3. The van der Waals surface area contributed by atoms with Gasteiger partial charge in [-0.2, -0.15) is 5.26 Å². The van der Waals surface area contributed by atoms with Crippen molar-refractivity contribution >= 4 is 5.91 Å². The first-order valence-corrected chi connectivity index (χ1v) is 5.67. The summed E-state index contributed by atoms with van der Waals surface area (Å²) < 4.78 is 0. The van der Waals surface area contributed by atoms with Crippen LogP contribution in [0.1, 0.15) is 36.3 Å². The van der Waals surface area contributed by atoms with Crippen LogP contribution in [-0.4, -0.2) is 28.4 Å². The summed E-state index contributed by atoms with van der Waals surface area (Å²) in [5.41, 5.74) is 1.33. The molecule has 90 valence electrons. The van der Waals surface area contributed by atoms with E-state index in [9.17, 15) is 4.79 Å². The van der Waals surface area contributed by atoms with Gasteiger partial charge in [-0.1, -0.05) is 0 Å². The van der Waals surface area contributed by atoms with Crippen LogP contribution >= 0.6 is 0 Å². The number of nitrogens with zero attached hydrogens (tertiary/aromatic N) is 3. The maximum atomic E-state index is 12.3. The van der Waals surface area contributed by atoms with Crippen molar-refractivity contribution in [1.82, 2.24) is 9.88 Å². The maximum Gasteiger partial charge on any atom is 0.255 e. The van der Waals surface area contributed by atoms with E-state index in [2.05, 4.69) is 11.1 Å². The van der Waals surface area contributed by atoms with E-state index in [4.69, 9.17) is 5.26 Å². The van der Waals surface area contributed by atoms with Crippen molar-refractivity contribution in [2.45, 2.75) is 33.2 Å². The van der Waals surface area contributed by atoms with Gasteiger partial charge in [0.15, 0.2) is 0 Å². The average molecular weight is 231 g/mol. The van der Waals surface area contributed by atoms with Crippen molar-refractivity contribution in [3.8, 4) is 6.07 Å². The summed E-state index contributed by atoms with van der Waals surface area (Å²) in [5, 5.41) is 8.60. The van der Waals surface area contributed by atoms with Gasteiger partial charge in [0.2, 0.25) is 0 Å². The van der Waals surface area contributed by atoms with E-state index in [0.717, 1.165) is 5.69 Å². The minimum Gasteiger partial charge on any atom is -0.335 e. The van der Waals surface area contributed by atoms with Gasteiger partial charge in [-0.05, 0) is 32.9 Å². The summed E-state index contributed by atoms with van der Waals surface area (Å²) in [4.78, 5) is 18.1. The number of carbonyl (C=O) groups excluding carboxylic acids is 1. The smallest absolute Gasteiger partial charge is 0.255 e. The Bertz CT molecular complexity index is 435. The first kappa shape index (κ1) is 13.2. The third-order valence-electron chi connectivity index (χ3n) is 2.59. The lowest BCUT2D eigenvalue weighted by Gasteiger charge is -2.26. The minimum atomic E-state index is -0.0548. The van der Waals surface area contributed by atoms with Crippen LogP contribution in [0.5, 0.6) is 0 Å². The molecule has 0 unspecified atom stereocenters. The average Bonchev–Trinajstić information content (AvgIpc) is 2.29. The lowest BCUT2D eigenvalue weighted by Crippen LogP contribution is -2.38. The fourth-order valence-electron chi connectivity index (χ4n) is 1.63. The fraction of sp³-hybridized carbons (Fsp3) is 0.462. The van der Waals surface area contributed by atoms with Gasteiger partial charge in [-0.15, -0.1) is 0 Å². The van der Waals surface area contributed by atoms with E-state index in [1.807, 2.05) is 20.8 Å². The quantitative estimate of drug-likeness (QED) is 0.797. The molecule has 0 saturated carbocycles. The summed E-state index contributed by atoms with van der Waals surface area (Å²) in [6.07, 6.45) is 2.02. The predicted molar refractivity (Wildman–Crippen MR) is 65.4 cm³/mol. The zero-order valence-corrected chi connectivity index (χ0v) is 10.5. The molecule has 0 aliphatic rings. The normalized spacial score (nSPS) is 10.1. The van der Waals surface area contributed by atoms with Gasteiger partial charge in [0.1, 0.15) is 0 Å². The first-order chi connectivity index (χ1) is 8.07. The molecule has 1 rings (SSSR count). The van der Waals surface area contributed by atoms with Gasteiger partial charge in [-0.25, -0.2) is 0 Å². The molecule has 0 N–H and O–H groups in total. The molecule has 1 aromatic rings. The topological polar surface area (TPSA) is 57.0 Å². The number of aryl methyl sites for hydroxylation is 1. The molecule has 0 saturated heterocycles. The van der Waals surface area contributed by atoms with Crippen molar-refractivity contribution in [3.05, 3.63) is 29.6 Å². The van der Waals surface area contributed by atoms with Crippen LogP contribution in [0.3, 0.4) is 0 Å². The molecule has 17 heavy (non-hydrogen) atoms. The van der Waals surface area contributed by atoms with Crippen molar-refractivity contribution < 1.29 is 4.79 Å². The van der Waals surface area contributed by atoms with Gasteiger partial charge < -0.3 is 4.90 Å². The van der Waals surface area contributed by atoms with E-state index in [-0.39, 0.29) is 11.9 Å². The summed E-state index contributed by atoms with van der Waals surface area (Å²) >= 11 is 0. The second-order valence-corrected chi connectivity index (χ2v) is 4.14. The maximum absolute atomic E-state index is 12.3. The predicted octanol–water partition coefficient (Wildman–Crippen LogP) is 2.15. The fourth-order valence-corrected chi connectivity index (χ4v) is 1.63. The molecular formula is C13H17N3O. The molecule has 0 aromatic carbocycles. The van der Waals surface area contributed by atoms with E-state index >= 15 is 0 Å². The Kier molecular flexibility index (Phi) is 4.65. The molecule has 1 heterocycles. The minimum absolute atomic E-state index is 0.0548. The molecule has 0 atom stereocenters. The number of pyridine rings is 1. The van der Waals surface area contributed by atoms with Crippen LogP contribution in [0.15, 0.2) is 18.3 Å². The van der Waals surface area contributed by atoms with Crippen molar-refractivity contribution in [2.75, 3.05) is 6.54 Å². The van der Waals surface area contributed by atoms with Crippen LogP contribution in [0.2, 0.25) is 0 Å². The van der Waals surface area contributed by atoms with Gasteiger partial charge >= 0.3 is 0 Å². The molecule has 0 fully saturated rings. The molecular weight excluding hydrogens is 214 g/mol. The molecule has 1 amide bonds. The van der Waals surface area contributed by atoms with E-state index < -0.39 is 0 Å². The zero-order valence-electron chi connectivity index (χ0n) is 10.5. The number of carbonyl (C=O) groups is 1. The van der Waals surface area contributed by atoms with Gasteiger partial charge in [0.25, 0.3) is 5.91 Å². The van der Waals surface area contributed by atoms with Crippen LogP contribution in [-0.2, 0) is 0 Å². The Morgan fingerprint density at radius 3 is 2.82 bits per heavy atom.